The number of nitrogens with zero attached hydrogens (tertiary/aromatic N) is 1. The molecule has 2 aromatic carbocycles. The van der Waals surface area contributed by atoms with Crippen LogP contribution in [0.2, 0.25) is 5.02 Å². The first kappa shape index (κ1) is 16.0. The highest BCUT2D eigenvalue weighted by Gasteiger charge is 2.38. The maximum atomic E-state index is 12.9. The lowest BCUT2D eigenvalue weighted by molar-refractivity contribution is -0.122. The third kappa shape index (κ3) is 2.97. The largest absolute Gasteiger partial charge is 0.368 e. The molecule has 0 bridgehead atoms. The molecular formula is C16H15ClN2O3S. The van der Waals surface area contributed by atoms with Crippen LogP contribution in [0.1, 0.15) is 11.1 Å². The van der Waals surface area contributed by atoms with Crippen LogP contribution in [0.4, 0.5) is 0 Å². The average Bonchev–Trinajstić information content (AvgIpc) is 2.53. The van der Waals surface area contributed by atoms with Crippen LogP contribution in [0.5, 0.6) is 0 Å². The van der Waals surface area contributed by atoms with Crippen molar-refractivity contribution in [2.24, 2.45) is 5.73 Å². The molecule has 0 fully saturated rings. The number of amides is 1. The molecule has 3 rings (SSSR count). The first-order valence-corrected chi connectivity index (χ1v) is 8.85. The van der Waals surface area contributed by atoms with Gasteiger partial charge in [0.25, 0.3) is 0 Å². The van der Waals surface area contributed by atoms with E-state index in [1.807, 2.05) is 24.3 Å². The summed E-state index contributed by atoms with van der Waals surface area (Å²) in [4.78, 5) is 11.9. The number of fused-ring (bicyclic) bond motifs is 1. The summed E-state index contributed by atoms with van der Waals surface area (Å²) in [5.41, 5.74) is 7.26. The molecule has 0 saturated heterocycles. The molecule has 0 aromatic heterocycles. The number of carbonyl (C=O) groups excluding carboxylic acids is 1. The Bertz CT molecular complexity index is 867. The molecule has 2 N–H and O–H groups in total. The average molecular weight is 351 g/mol. The van der Waals surface area contributed by atoms with E-state index in [4.69, 9.17) is 17.3 Å². The summed E-state index contributed by atoms with van der Waals surface area (Å²) in [5.74, 6) is -0.662. The number of hydrogen-bond donors (Lipinski definition) is 1. The van der Waals surface area contributed by atoms with Gasteiger partial charge in [0.1, 0.15) is 6.04 Å². The van der Waals surface area contributed by atoms with Gasteiger partial charge in [-0.3, -0.25) is 4.79 Å². The summed E-state index contributed by atoms with van der Waals surface area (Å²) in [6.45, 7) is 0.110. The van der Waals surface area contributed by atoms with Crippen molar-refractivity contribution in [1.29, 1.82) is 0 Å². The van der Waals surface area contributed by atoms with E-state index in [1.54, 1.807) is 12.1 Å². The number of carbonyl (C=O) groups is 1. The molecule has 0 spiro atoms. The van der Waals surface area contributed by atoms with Crippen molar-refractivity contribution in [3.05, 3.63) is 64.7 Å². The lowest BCUT2D eigenvalue weighted by Crippen LogP contribution is -2.50. The highest BCUT2D eigenvalue weighted by molar-refractivity contribution is 7.89. The normalized spacial score (nSPS) is 18.4. The molecule has 1 amide bonds. The maximum Gasteiger partial charge on any atom is 0.244 e. The van der Waals surface area contributed by atoms with Crippen LogP contribution < -0.4 is 5.73 Å². The monoisotopic (exact) mass is 350 g/mol. The van der Waals surface area contributed by atoms with Crippen LogP contribution >= 0.6 is 11.6 Å². The predicted molar refractivity (Wildman–Crippen MR) is 87.3 cm³/mol. The third-order valence-corrected chi connectivity index (χ3v) is 6.02. The van der Waals surface area contributed by atoms with Gasteiger partial charge in [0, 0.05) is 11.6 Å². The minimum atomic E-state index is -3.87. The van der Waals surface area contributed by atoms with Crippen molar-refractivity contribution in [2.45, 2.75) is 23.9 Å². The zero-order valence-corrected chi connectivity index (χ0v) is 13.7. The molecule has 0 unspecified atom stereocenters. The summed E-state index contributed by atoms with van der Waals surface area (Å²) in [5, 5.41) is 0.319. The molecule has 120 valence electrons. The Morgan fingerprint density at radius 1 is 1.13 bits per heavy atom. The zero-order valence-electron chi connectivity index (χ0n) is 12.1. The molecule has 1 aliphatic rings. The molecule has 2 aromatic rings. The van der Waals surface area contributed by atoms with E-state index in [0.717, 1.165) is 15.4 Å². The number of benzene rings is 2. The lowest BCUT2D eigenvalue weighted by atomic mass is 9.96. The molecule has 7 heteroatoms. The number of sulfonamides is 1. The Balaban J connectivity index is 2.07. The minimum Gasteiger partial charge on any atom is -0.368 e. The topological polar surface area (TPSA) is 80.5 Å². The standard InChI is InChI=1S/C16H15ClN2O3S/c17-13-6-3-7-14(9-13)23(21,22)19-10-12-5-2-1-4-11(12)8-15(19)16(18)20/h1-7,9,15H,8,10H2,(H2,18,20)/t15-/m0/s1. The first-order chi connectivity index (χ1) is 10.9. The van der Waals surface area contributed by atoms with Gasteiger partial charge < -0.3 is 5.73 Å². The van der Waals surface area contributed by atoms with E-state index in [1.165, 1.54) is 12.1 Å². The van der Waals surface area contributed by atoms with E-state index in [0.29, 0.717) is 5.02 Å². The van der Waals surface area contributed by atoms with Crippen LogP contribution in [-0.4, -0.2) is 24.7 Å². The Kier molecular flexibility index (Phi) is 4.14. The molecule has 1 heterocycles. The van der Waals surface area contributed by atoms with Gasteiger partial charge in [-0.1, -0.05) is 41.9 Å². The van der Waals surface area contributed by atoms with Gasteiger partial charge in [0.05, 0.1) is 4.90 Å². The second-order valence-corrected chi connectivity index (χ2v) is 7.73. The molecule has 1 atom stereocenters. The van der Waals surface area contributed by atoms with Crippen molar-refractivity contribution in [2.75, 3.05) is 0 Å². The van der Waals surface area contributed by atoms with E-state index in [9.17, 15) is 13.2 Å². The number of hydrogen-bond acceptors (Lipinski definition) is 3. The number of rotatable bonds is 3. The Morgan fingerprint density at radius 3 is 2.48 bits per heavy atom. The fourth-order valence-corrected chi connectivity index (χ4v) is 4.63. The van der Waals surface area contributed by atoms with Gasteiger partial charge in [0.2, 0.25) is 15.9 Å². The molecular weight excluding hydrogens is 336 g/mol. The van der Waals surface area contributed by atoms with Gasteiger partial charge in [-0.25, -0.2) is 8.42 Å². The summed E-state index contributed by atoms with van der Waals surface area (Å²) in [6.07, 6.45) is 0.269. The van der Waals surface area contributed by atoms with E-state index in [-0.39, 0.29) is 17.9 Å². The number of primary amides is 1. The molecule has 1 aliphatic heterocycles. The van der Waals surface area contributed by atoms with Crippen LogP contribution in [0.15, 0.2) is 53.4 Å². The molecule has 23 heavy (non-hydrogen) atoms. The van der Waals surface area contributed by atoms with Crippen molar-refractivity contribution in [1.82, 2.24) is 4.31 Å². The summed E-state index contributed by atoms with van der Waals surface area (Å²) in [7, 11) is -3.87. The Hall–Kier alpha value is -1.89. The van der Waals surface area contributed by atoms with Crippen molar-refractivity contribution < 1.29 is 13.2 Å². The minimum absolute atomic E-state index is 0.0515. The van der Waals surface area contributed by atoms with Crippen LogP contribution in [0, 0.1) is 0 Å². The molecule has 5 nitrogen and oxygen atoms in total. The Morgan fingerprint density at radius 2 is 1.83 bits per heavy atom. The highest BCUT2D eigenvalue weighted by Crippen LogP contribution is 2.29. The first-order valence-electron chi connectivity index (χ1n) is 7.03. The number of nitrogens with two attached hydrogens (primary N) is 1. The van der Waals surface area contributed by atoms with Crippen LogP contribution in [-0.2, 0) is 27.8 Å². The summed E-state index contributed by atoms with van der Waals surface area (Å²) >= 11 is 5.90. The van der Waals surface area contributed by atoms with Crippen molar-refractivity contribution in [3.8, 4) is 0 Å². The Labute approximate surface area is 139 Å². The summed E-state index contributed by atoms with van der Waals surface area (Å²) in [6, 6.07) is 12.5. The quantitative estimate of drug-likeness (QED) is 0.918. The second kappa shape index (κ2) is 5.96. The third-order valence-electron chi connectivity index (χ3n) is 3.94. The molecule has 0 saturated carbocycles. The zero-order chi connectivity index (χ0) is 16.6. The van der Waals surface area contributed by atoms with Crippen molar-refractivity contribution in [3.63, 3.8) is 0 Å². The maximum absolute atomic E-state index is 12.9. The summed E-state index contributed by atoms with van der Waals surface area (Å²) < 4.78 is 27.0. The van der Waals surface area contributed by atoms with Crippen LogP contribution in [0.25, 0.3) is 0 Å². The van der Waals surface area contributed by atoms with Crippen molar-refractivity contribution >= 4 is 27.5 Å². The smallest absolute Gasteiger partial charge is 0.244 e. The molecule has 0 aliphatic carbocycles. The van der Waals surface area contributed by atoms with Gasteiger partial charge in [0.15, 0.2) is 0 Å². The van der Waals surface area contributed by atoms with E-state index >= 15 is 0 Å². The molecule has 0 radical (unpaired) electrons. The van der Waals surface area contributed by atoms with Gasteiger partial charge in [-0.05, 0) is 35.7 Å². The SMILES string of the molecule is NC(=O)[C@@H]1Cc2ccccc2CN1S(=O)(=O)c1cccc(Cl)c1. The van der Waals surface area contributed by atoms with E-state index < -0.39 is 22.0 Å². The van der Waals surface area contributed by atoms with Gasteiger partial charge in [-0.15, -0.1) is 0 Å². The highest BCUT2D eigenvalue weighted by atomic mass is 35.5. The fraction of sp³-hybridized carbons (Fsp3) is 0.188. The second-order valence-electron chi connectivity index (χ2n) is 5.40. The number of halogens is 1. The lowest BCUT2D eigenvalue weighted by Gasteiger charge is -2.34. The van der Waals surface area contributed by atoms with E-state index in [2.05, 4.69) is 0 Å². The van der Waals surface area contributed by atoms with Gasteiger partial charge in [-0.2, -0.15) is 4.31 Å². The van der Waals surface area contributed by atoms with Crippen LogP contribution in [0.3, 0.4) is 0 Å². The predicted octanol–water partition coefficient (Wildman–Crippen LogP) is 1.94. The van der Waals surface area contributed by atoms with Gasteiger partial charge >= 0.3 is 0 Å². The fourth-order valence-electron chi connectivity index (χ4n) is 2.76.